The van der Waals surface area contributed by atoms with E-state index in [2.05, 4.69) is 209 Å². The van der Waals surface area contributed by atoms with Gasteiger partial charge in [0.05, 0.1) is 22.1 Å². The Morgan fingerprint density at radius 1 is 0.283 bits per heavy atom. The fourth-order valence-electron chi connectivity index (χ4n) is 9.43. The van der Waals surface area contributed by atoms with Crippen LogP contribution in [0.15, 0.2) is 200 Å². The van der Waals surface area contributed by atoms with Gasteiger partial charge in [0.25, 0.3) is 0 Å². The van der Waals surface area contributed by atoms with Crippen molar-refractivity contribution < 1.29 is 0 Å². The molecule has 13 rings (SSSR count). The molecule has 10 aromatic carbocycles. The average molecular weight is 764 g/mol. The zero-order valence-corrected chi connectivity index (χ0v) is 32.3. The summed E-state index contributed by atoms with van der Waals surface area (Å²) in [5.41, 5.74) is 7.51. The maximum Gasteiger partial charge on any atom is 0.238 e. The molecule has 60 heavy (non-hydrogen) atoms. The van der Waals surface area contributed by atoms with Gasteiger partial charge in [-0.1, -0.05) is 152 Å². The van der Waals surface area contributed by atoms with Crippen molar-refractivity contribution in [3.05, 3.63) is 200 Å². The van der Waals surface area contributed by atoms with Crippen LogP contribution < -0.4 is 0 Å². The molecule has 0 saturated carbocycles. The van der Waals surface area contributed by atoms with Gasteiger partial charge < -0.3 is 4.57 Å². The van der Waals surface area contributed by atoms with Crippen LogP contribution in [0.5, 0.6) is 0 Å². The van der Waals surface area contributed by atoms with Gasteiger partial charge in [0.15, 0.2) is 11.6 Å². The van der Waals surface area contributed by atoms with Crippen molar-refractivity contribution in [3.63, 3.8) is 0 Å². The molecule has 5 heteroatoms. The molecule has 0 saturated heterocycles. The van der Waals surface area contributed by atoms with Crippen molar-refractivity contribution in [2.45, 2.75) is 0 Å². The summed E-state index contributed by atoms with van der Waals surface area (Å²) in [6.45, 7) is 0. The number of para-hydroxylation sites is 2. The first-order valence-electron chi connectivity index (χ1n) is 20.3. The quantitative estimate of drug-likeness (QED) is 0.179. The molecule has 0 spiro atoms. The first-order valence-corrected chi connectivity index (χ1v) is 20.3. The summed E-state index contributed by atoms with van der Waals surface area (Å²) in [6.07, 6.45) is 0. The summed E-state index contributed by atoms with van der Waals surface area (Å²) in [6, 6.07) is 71.7. The fourth-order valence-corrected chi connectivity index (χ4v) is 9.43. The summed E-state index contributed by atoms with van der Waals surface area (Å²) in [5, 5.41) is 14.2. The number of nitrogens with zero attached hydrogens (tertiary/aromatic N) is 5. The lowest BCUT2D eigenvalue weighted by Gasteiger charge is -2.13. The van der Waals surface area contributed by atoms with Crippen molar-refractivity contribution in [2.75, 3.05) is 0 Å². The van der Waals surface area contributed by atoms with Gasteiger partial charge in [0.2, 0.25) is 5.95 Å². The van der Waals surface area contributed by atoms with E-state index in [1.54, 1.807) is 0 Å². The van der Waals surface area contributed by atoms with Gasteiger partial charge in [-0.05, 0) is 86.2 Å². The van der Waals surface area contributed by atoms with E-state index in [-0.39, 0.29) is 0 Å². The molecule has 13 aromatic rings. The molecule has 3 heterocycles. The van der Waals surface area contributed by atoms with Crippen LogP contribution in [-0.4, -0.2) is 24.1 Å². The standard InChI is InChI=1S/C55H33N5/c1-3-14-37-29-40(23-21-34(37)11-1)53-56-54(41-24-22-35-12-2-4-15-38(35)30-41)58-55(57-53)60-50-20-10-8-18-46(50)48-32-42-31-43(27-25-39(42)33-51(48)60)59-49-19-9-7-17-45(49)47-28-26-36-13-5-6-16-44(36)52(47)59/h1-33H. The molecule has 0 N–H and O–H groups in total. The maximum absolute atomic E-state index is 5.29. The molecule has 0 atom stereocenters. The van der Waals surface area contributed by atoms with Crippen LogP contribution in [0.4, 0.5) is 0 Å². The SMILES string of the molecule is c1ccc2cc(-c3nc(-c4ccc5ccccc5c4)nc(-n4c5ccccc5c5cc6cc(-n7c8ccccc8c8ccc9ccccc9c87)ccc6cc54)n3)ccc2c1. The number of rotatable bonds is 4. The van der Waals surface area contributed by atoms with Crippen molar-refractivity contribution in [2.24, 2.45) is 0 Å². The Kier molecular flexibility index (Phi) is 6.95. The monoisotopic (exact) mass is 763 g/mol. The predicted molar refractivity (Wildman–Crippen MR) is 249 cm³/mol. The van der Waals surface area contributed by atoms with Gasteiger partial charge in [0.1, 0.15) is 0 Å². The maximum atomic E-state index is 5.29. The molecular weight excluding hydrogens is 731 g/mol. The van der Waals surface area contributed by atoms with E-state index >= 15 is 0 Å². The second kappa shape index (κ2) is 12.7. The lowest BCUT2D eigenvalue weighted by molar-refractivity contribution is 0.954. The van der Waals surface area contributed by atoms with Crippen molar-refractivity contribution in [1.82, 2.24) is 24.1 Å². The third-order valence-electron chi connectivity index (χ3n) is 12.3. The normalized spacial score (nSPS) is 12.0. The van der Waals surface area contributed by atoms with E-state index in [0.717, 1.165) is 54.8 Å². The summed E-state index contributed by atoms with van der Waals surface area (Å²) in [7, 11) is 0. The van der Waals surface area contributed by atoms with Gasteiger partial charge in [-0.25, -0.2) is 4.98 Å². The first kappa shape index (κ1) is 32.9. The van der Waals surface area contributed by atoms with Crippen LogP contribution in [0.2, 0.25) is 0 Å². The molecule has 0 amide bonds. The van der Waals surface area contributed by atoms with Crippen LogP contribution in [0.25, 0.3) is 121 Å². The topological polar surface area (TPSA) is 48.5 Å². The summed E-state index contributed by atoms with van der Waals surface area (Å²) in [4.78, 5) is 15.7. The van der Waals surface area contributed by atoms with E-state index in [1.807, 2.05) is 0 Å². The van der Waals surface area contributed by atoms with Crippen LogP contribution in [0, 0.1) is 0 Å². The molecule has 5 nitrogen and oxygen atoms in total. The molecule has 0 aliphatic heterocycles. The minimum atomic E-state index is 0.579. The molecule has 278 valence electrons. The van der Waals surface area contributed by atoms with Crippen molar-refractivity contribution in [3.8, 4) is 34.4 Å². The van der Waals surface area contributed by atoms with E-state index < -0.39 is 0 Å². The van der Waals surface area contributed by atoms with Gasteiger partial charge in [-0.2, -0.15) is 9.97 Å². The summed E-state index contributed by atoms with van der Waals surface area (Å²) in [5.74, 6) is 1.84. The molecule has 0 fully saturated rings. The third-order valence-corrected chi connectivity index (χ3v) is 12.3. The highest BCUT2D eigenvalue weighted by Crippen LogP contribution is 2.39. The highest BCUT2D eigenvalue weighted by atomic mass is 15.2. The number of aromatic nitrogens is 5. The van der Waals surface area contributed by atoms with Crippen molar-refractivity contribution >= 4 is 86.7 Å². The number of hydrogen-bond donors (Lipinski definition) is 0. The largest absolute Gasteiger partial charge is 0.309 e. The van der Waals surface area contributed by atoms with Gasteiger partial charge >= 0.3 is 0 Å². The van der Waals surface area contributed by atoms with Crippen LogP contribution in [0.1, 0.15) is 0 Å². The van der Waals surface area contributed by atoms with E-state index in [1.165, 1.54) is 48.7 Å². The fraction of sp³-hybridized carbons (Fsp3) is 0. The zero-order valence-electron chi connectivity index (χ0n) is 32.3. The molecule has 0 unspecified atom stereocenters. The average Bonchev–Trinajstić information content (AvgIpc) is 3.83. The lowest BCUT2D eigenvalue weighted by Crippen LogP contribution is -2.06. The second-order valence-electron chi connectivity index (χ2n) is 15.7. The minimum Gasteiger partial charge on any atom is -0.309 e. The first-order chi connectivity index (χ1) is 29.7. The summed E-state index contributed by atoms with van der Waals surface area (Å²) >= 11 is 0. The minimum absolute atomic E-state index is 0.579. The molecule has 0 aliphatic rings. The molecular formula is C55H33N5. The molecule has 0 radical (unpaired) electrons. The summed E-state index contributed by atoms with van der Waals surface area (Å²) < 4.78 is 4.65. The van der Waals surface area contributed by atoms with Gasteiger partial charge in [-0.3, -0.25) is 4.57 Å². The Balaban J connectivity index is 1.05. The lowest BCUT2D eigenvalue weighted by atomic mass is 10.0. The van der Waals surface area contributed by atoms with E-state index in [4.69, 9.17) is 15.0 Å². The Bertz CT molecular complexity index is 3810. The van der Waals surface area contributed by atoms with E-state index in [0.29, 0.717) is 17.6 Å². The highest BCUT2D eigenvalue weighted by molar-refractivity contribution is 6.19. The van der Waals surface area contributed by atoms with Crippen LogP contribution in [0.3, 0.4) is 0 Å². The van der Waals surface area contributed by atoms with Crippen molar-refractivity contribution in [1.29, 1.82) is 0 Å². The molecule has 0 aliphatic carbocycles. The number of hydrogen-bond acceptors (Lipinski definition) is 3. The van der Waals surface area contributed by atoms with Crippen LogP contribution >= 0.6 is 0 Å². The Morgan fingerprint density at radius 3 is 1.48 bits per heavy atom. The molecule has 3 aromatic heterocycles. The van der Waals surface area contributed by atoms with E-state index in [9.17, 15) is 0 Å². The Morgan fingerprint density at radius 2 is 0.800 bits per heavy atom. The smallest absolute Gasteiger partial charge is 0.238 e. The Hall–Kier alpha value is -8.15. The second-order valence-corrected chi connectivity index (χ2v) is 15.7. The van der Waals surface area contributed by atoms with Gasteiger partial charge in [-0.15, -0.1) is 0 Å². The number of fused-ring (bicyclic) bond motifs is 11. The highest BCUT2D eigenvalue weighted by Gasteiger charge is 2.20. The predicted octanol–water partition coefficient (Wildman–Crippen LogP) is 14.0. The number of benzene rings is 10. The third kappa shape index (κ3) is 4.96. The van der Waals surface area contributed by atoms with Gasteiger partial charge in [0, 0.05) is 43.7 Å². The Labute approximate surface area is 344 Å². The van der Waals surface area contributed by atoms with Crippen LogP contribution in [-0.2, 0) is 0 Å². The zero-order chi connectivity index (χ0) is 39.3. The molecule has 0 bridgehead atoms.